The minimum atomic E-state index is -0.276. The van der Waals surface area contributed by atoms with Crippen molar-refractivity contribution in [3.8, 4) is 0 Å². The zero-order valence-electron chi connectivity index (χ0n) is 15.5. The van der Waals surface area contributed by atoms with Crippen molar-refractivity contribution in [2.24, 2.45) is 11.7 Å². The van der Waals surface area contributed by atoms with Gasteiger partial charge in [0.2, 0.25) is 5.91 Å². The summed E-state index contributed by atoms with van der Waals surface area (Å²) in [5.41, 5.74) is 9.55. The van der Waals surface area contributed by atoms with Crippen molar-refractivity contribution in [1.29, 1.82) is 0 Å². The van der Waals surface area contributed by atoms with Gasteiger partial charge in [0, 0.05) is 19.5 Å². The predicted octanol–water partition coefficient (Wildman–Crippen LogP) is 2.37. The van der Waals surface area contributed by atoms with Gasteiger partial charge in [0.05, 0.1) is 17.6 Å². The van der Waals surface area contributed by atoms with E-state index in [2.05, 4.69) is 41.3 Å². The first kappa shape index (κ1) is 18.2. The highest BCUT2D eigenvalue weighted by atomic mass is 16.2. The molecule has 26 heavy (non-hydrogen) atoms. The Labute approximate surface area is 153 Å². The number of carbonyl (C=O) groups is 2. The summed E-state index contributed by atoms with van der Waals surface area (Å²) >= 11 is 0. The van der Waals surface area contributed by atoms with E-state index in [1.54, 1.807) is 0 Å². The molecule has 1 atom stereocenters. The lowest BCUT2D eigenvalue weighted by molar-refractivity contribution is -0.118. The van der Waals surface area contributed by atoms with Gasteiger partial charge in [0.25, 0.3) is 0 Å². The van der Waals surface area contributed by atoms with Crippen LogP contribution in [0.5, 0.6) is 0 Å². The molecule has 1 aromatic heterocycles. The van der Waals surface area contributed by atoms with Gasteiger partial charge in [-0.3, -0.25) is 4.79 Å². The molecule has 0 aliphatic carbocycles. The molecule has 7 heteroatoms. The number of urea groups is 1. The van der Waals surface area contributed by atoms with Gasteiger partial charge in [-0.25, -0.2) is 9.78 Å². The molecule has 1 fully saturated rings. The predicted molar refractivity (Wildman–Crippen MR) is 101 cm³/mol. The van der Waals surface area contributed by atoms with Crippen LogP contribution in [0.15, 0.2) is 12.1 Å². The van der Waals surface area contributed by atoms with Gasteiger partial charge in [-0.2, -0.15) is 0 Å². The molecule has 3 rings (SSSR count). The summed E-state index contributed by atoms with van der Waals surface area (Å²) in [7, 11) is 0. The summed E-state index contributed by atoms with van der Waals surface area (Å²) in [4.78, 5) is 33.1. The molecule has 1 aliphatic rings. The number of nitrogens with zero attached hydrogens (tertiary/aromatic N) is 2. The number of primary amides is 1. The number of fused-ring (bicyclic) bond motifs is 1. The summed E-state index contributed by atoms with van der Waals surface area (Å²) in [5.74, 6) is 0.821. The number of nitrogens with one attached hydrogen (secondary N) is 2. The topological polar surface area (TPSA) is 104 Å². The second kappa shape index (κ2) is 7.76. The fraction of sp³-hybridized carbons (Fsp3) is 0.526. The number of imidazole rings is 1. The van der Waals surface area contributed by atoms with E-state index < -0.39 is 0 Å². The number of hydrogen-bond donors (Lipinski definition) is 3. The number of carbonyl (C=O) groups excluding carboxylic acids is 2. The summed E-state index contributed by atoms with van der Waals surface area (Å²) in [6.07, 6.45) is 3.14. The first-order valence-corrected chi connectivity index (χ1v) is 9.19. The Bertz CT molecular complexity index is 775. The van der Waals surface area contributed by atoms with E-state index >= 15 is 0 Å². The number of nitrogens with two attached hydrogens (primary N) is 1. The third-order valence-electron chi connectivity index (χ3n) is 5.16. The molecule has 2 aromatic rings. The fourth-order valence-electron chi connectivity index (χ4n) is 3.51. The van der Waals surface area contributed by atoms with E-state index in [1.807, 2.05) is 4.90 Å². The van der Waals surface area contributed by atoms with Crippen molar-refractivity contribution < 1.29 is 9.59 Å². The molecule has 1 unspecified atom stereocenters. The van der Waals surface area contributed by atoms with E-state index in [4.69, 9.17) is 5.73 Å². The summed E-state index contributed by atoms with van der Waals surface area (Å²) in [6, 6.07) is 4.05. The highest BCUT2D eigenvalue weighted by Gasteiger charge is 2.23. The second-order valence-corrected chi connectivity index (χ2v) is 7.26. The van der Waals surface area contributed by atoms with Crippen molar-refractivity contribution in [1.82, 2.24) is 20.2 Å². The Morgan fingerprint density at radius 2 is 2.12 bits per heavy atom. The van der Waals surface area contributed by atoms with Crippen LogP contribution in [0.25, 0.3) is 11.0 Å². The molecule has 0 bridgehead atoms. The smallest absolute Gasteiger partial charge is 0.317 e. The highest BCUT2D eigenvalue weighted by Crippen LogP contribution is 2.21. The lowest BCUT2D eigenvalue weighted by Crippen LogP contribution is -2.45. The molecule has 7 nitrogen and oxygen atoms in total. The number of piperidine rings is 1. The maximum Gasteiger partial charge on any atom is 0.317 e. The second-order valence-electron chi connectivity index (χ2n) is 7.26. The van der Waals surface area contributed by atoms with E-state index in [0.29, 0.717) is 25.4 Å². The van der Waals surface area contributed by atoms with E-state index in [9.17, 15) is 9.59 Å². The molecular weight excluding hydrogens is 330 g/mol. The van der Waals surface area contributed by atoms with Crippen LogP contribution in [0.1, 0.15) is 42.6 Å². The number of hydrogen-bond acceptors (Lipinski definition) is 3. The molecule has 0 spiro atoms. The van der Waals surface area contributed by atoms with Gasteiger partial charge in [-0.1, -0.05) is 0 Å². The number of amides is 3. The molecule has 0 radical (unpaired) electrons. The normalized spacial score (nSPS) is 17.5. The van der Waals surface area contributed by atoms with Crippen molar-refractivity contribution in [2.75, 3.05) is 13.1 Å². The maximum absolute atomic E-state index is 12.5. The van der Waals surface area contributed by atoms with E-state index in [-0.39, 0.29) is 11.9 Å². The zero-order valence-corrected chi connectivity index (χ0v) is 15.5. The zero-order chi connectivity index (χ0) is 18.7. The SMILES string of the molecule is Cc1cc2nc(CNC(=O)N3CCCC(CCC(N)=O)C3)[nH]c2cc1C. The molecule has 1 aliphatic heterocycles. The van der Waals surface area contributed by atoms with Crippen molar-refractivity contribution in [2.45, 2.75) is 46.1 Å². The van der Waals surface area contributed by atoms with Crippen LogP contribution in [-0.4, -0.2) is 39.9 Å². The minimum Gasteiger partial charge on any atom is -0.370 e. The molecule has 1 saturated heterocycles. The number of H-pyrrole nitrogens is 1. The van der Waals surface area contributed by atoms with Gasteiger partial charge < -0.3 is 20.9 Å². The first-order chi connectivity index (χ1) is 12.4. The van der Waals surface area contributed by atoms with Crippen LogP contribution in [-0.2, 0) is 11.3 Å². The number of aromatic nitrogens is 2. The molecule has 1 aromatic carbocycles. The maximum atomic E-state index is 12.5. The average molecular weight is 357 g/mol. The van der Waals surface area contributed by atoms with Gasteiger partial charge in [-0.05, 0) is 62.3 Å². The Hall–Kier alpha value is -2.57. The third-order valence-corrected chi connectivity index (χ3v) is 5.16. The standard InChI is InChI=1S/C19H27N5O2/c1-12-8-15-16(9-13(12)2)23-18(22-15)10-21-19(26)24-7-3-4-14(11-24)5-6-17(20)25/h8-9,14H,3-7,10-11H2,1-2H3,(H2,20,25)(H,21,26)(H,22,23). The summed E-state index contributed by atoms with van der Waals surface area (Å²) in [6.45, 7) is 5.93. The Morgan fingerprint density at radius 3 is 2.88 bits per heavy atom. The lowest BCUT2D eigenvalue weighted by atomic mass is 9.93. The largest absolute Gasteiger partial charge is 0.370 e. The molecule has 2 heterocycles. The number of rotatable bonds is 5. The van der Waals surface area contributed by atoms with E-state index in [0.717, 1.165) is 42.7 Å². The lowest BCUT2D eigenvalue weighted by Gasteiger charge is -2.32. The van der Waals surface area contributed by atoms with Crippen LogP contribution in [0.3, 0.4) is 0 Å². The van der Waals surface area contributed by atoms with Gasteiger partial charge in [-0.15, -0.1) is 0 Å². The number of likely N-dealkylation sites (tertiary alicyclic amines) is 1. The molecule has 140 valence electrons. The van der Waals surface area contributed by atoms with Crippen molar-refractivity contribution in [3.05, 3.63) is 29.1 Å². The van der Waals surface area contributed by atoms with Gasteiger partial charge >= 0.3 is 6.03 Å². The summed E-state index contributed by atoms with van der Waals surface area (Å²) in [5, 5.41) is 2.95. The van der Waals surface area contributed by atoms with Crippen LogP contribution in [0.2, 0.25) is 0 Å². The van der Waals surface area contributed by atoms with Crippen molar-refractivity contribution >= 4 is 23.0 Å². The minimum absolute atomic E-state index is 0.0819. The first-order valence-electron chi connectivity index (χ1n) is 9.19. The molecule has 0 saturated carbocycles. The van der Waals surface area contributed by atoms with Gasteiger partial charge in [0.15, 0.2) is 0 Å². The van der Waals surface area contributed by atoms with Crippen molar-refractivity contribution in [3.63, 3.8) is 0 Å². The monoisotopic (exact) mass is 357 g/mol. The highest BCUT2D eigenvalue weighted by molar-refractivity contribution is 5.77. The van der Waals surface area contributed by atoms with Gasteiger partial charge in [0.1, 0.15) is 5.82 Å². The molecular formula is C19H27N5O2. The van der Waals surface area contributed by atoms with Crippen LogP contribution in [0.4, 0.5) is 4.79 Å². The molecule has 3 amide bonds. The van der Waals surface area contributed by atoms with E-state index in [1.165, 1.54) is 11.1 Å². The Morgan fingerprint density at radius 1 is 1.35 bits per heavy atom. The summed E-state index contributed by atoms with van der Waals surface area (Å²) < 4.78 is 0. The average Bonchev–Trinajstić information content (AvgIpc) is 3.00. The number of aryl methyl sites for hydroxylation is 2. The number of benzene rings is 1. The third kappa shape index (κ3) is 4.33. The Balaban J connectivity index is 1.55. The quantitative estimate of drug-likeness (QED) is 0.765. The fourth-order valence-corrected chi connectivity index (χ4v) is 3.51. The van der Waals surface area contributed by atoms with Crippen LogP contribution >= 0.6 is 0 Å². The van der Waals surface area contributed by atoms with Crippen LogP contribution in [0, 0.1) is 19.8 Å². The molecule has 4 N–H and O–H groups in total. The van der Waals surface area contributed by atoms with Crippen LogP contribution < -0.4 is 11.1 Å². The Kier molecular flexibility index (Phi) is 5.44. The number of aromatic amines is 1.